The number of likely N-dealkylation sites (tertiary alicyclic amines) is 1. The smallest absolute Gasteiger partial charge is 0.264 e. The molecular formula is C21H25N3O3S. The first-order chi connectivity index (χ1) is 13.5. The standard InChI is InChI=1S/C21H25N3O3S/c22-18-9-5-12-23(15-18)21(25)17-7-3-10-19(14-17)28(26,27)24-13-4-8-16-6-1-2-11-20(16)24/h1-3,6-7,10-11,14,18H,4-5,8-9,12-13,15,22H2. The number of hydrogen-bond acceptors (Lipinski definition) is 4. The first-order valence-electron chi connectivity index (χ1n) is 9.72. The largest absolute Gasteiger partial charge is 0.337 e. The lowest BCUT2D eigenvalue weighted by molar-refractivity contribution is 0.0708. The van der Waals surface area contributed by atoms with Crippen molar-refractivity contribution in [1.29, 1.82) is 0 Å². The molecule has 1 atom stereocenters. The second kappa shape index (κ2) is 7.56. The van der Waals surface area contributed by atoms with Crippen molar-refractivity contribution in [3.05, 3.63) is 59.7 Å². The third kappa shape index (κ3) is 3.52. The molecule has 7 heteroatoms. The summed E-state index contributed by atoms with van der Waals surface area (Å²) in [4.78, 5) is 14.7. The van der Waals surface area contributed by atoms with Gasteiger partial charge in [0.2, 0.25) is 0 Å². The summed E-state index contributed by atoms with van der Waals surface area (Å²) >= 11 is 0. The molecule has 1 fully saturated rings. The zero-order chi connectivity index (χ0) is 19.7. The first kappa shape index (κ1) is 19.0. The molecule has 2 aromatic rings. The lowest BCUT2D eigenvalue weighted by Gasteiger charge is -2.31. The van der Waals surface area contributed by atoms with Crippen LogP contribution in [-0.2, 0) is 16.4 Å². The molecule has 2 aromatic carbocycles. The molecule has 28 heavy (non-hydrogen) atoms. The van der Waals surface area contributed by atoms with E-state index in [0.29, 0.717) is 25.2 Å². The molecule has 2 aliphatic rings. The molecule has 1 saturated heterocycles. The van der Waals surface area contributed by atoms with Gasteiger partial charge in [-0.25, -0.2) is 8.42 Å². The van der Waals surface area contributed by atoms with Gasteiger partial charge in [0.05, 0.1) is 10.6 Å². The highest BCUT2D eigenvalue weighted by Gasteiger charge is 2.30. The van der Waals surface area contributed by atoms with E-state index in [-0.39, 0.29) is 16.8 Å². The number of para-hydroxylation sites is 1. The minimum Gasteiger partial charge on any atom is -0.337 e. The number of nitrogens with zero attached hydrogens (tertiary/aromatic N) is 2. The highest BCUT2D eigenvalue weighted by Crippen LogP contribution is 2.32. The number of sulfonamides is 1. The van der Waals surface area contributed by atoms with E-state index in [1.54, 1.807) is 23.1 Å². The Morgan fingerprint density at radius 2 is 1.86 bits per heavy atom. The Morgan fingerprint density at radius 3 is 2.68 bits per heavy atom. The second-order valence-corrected chi connectivity index (χ2v) is 9.35. The number of benzene rings is 2. The Hall–Kier alpha value is -2.38. The second-order valence-electron chi connectivity index (χ2n) is 7.49. The Labute approximate surface area is 166 Å². The maximum Gasteiger partial charge on any atom is 0.264 e. The molecule has 2 N–H and O–H groups in total. The average Bonchev–Trinajstić information content (AvgIpc) is 2.73. The van der Waals surface area contributed by atoms with Crippen LogP contribution in [0.3, 0.4) is 0 Å². The SMILES string of the molecule is NC1CCCN(C(=O)c2cccc(S(=O)(=O)N3CCCc4ccccc43)c2)C1. The number of fused-ring (bicyclic) bond motifs is 1. The van der Waals surface area contributed by atoms with E-state index >= 15 is 0 Å². The summed E-state index contributed by atoms with van der Waals surface area (Å²) < 4.78 is 28.1. The number of carbonyl (C=O) groups excluding carboxylic acids is 1. The summed E-state index contributed by atoms with van der Waals surface area (Å²) in [5.74, 6) is -0.161. The van der Waals surface area contributed by atoms with E-state index in [4.69, 9.17) is 5.73 Å². The van der Waals surface area contributed by atoms with E-state index in [9.17, 15) is 13.2 Å². The maximum atomic E-state index is 13.3. The fraction of sp³-hybridized carbons (Fsp3) is 0.381. The van der Waals surface area contributed by atoms with Crippen molar-refractivity contribution < 1.29 is 13.2 Å². The minimum absolute atomic E-state index is 0.0190. The molecule has 2 heterocycles. The molecule has 2 aliphatic heterocycles. The maximum absolute atomic E-state index is 13.3. The first-order valence-corrected chi connectivity index (χ1v) is 11.2. The Morgan fingerprint density at radius 1 is 1.04 bits per heavy atom. The van der Waals surface area contributed by atoms with E-state index < -0.39 is 10.0 Å². The monoisotopic (exact) mass is 399 g/mol. The fourth-order valence-electron chi connectivity index (χ4n) is 4.04. The van der Waals surface area contributed by atoms with Gasteiger partial charge in [0, 0.05) is 31.2 Å². The highest BCUT2D eigenvalue weighted by molar-refractivity contribution is 7.92. The lowest BCUT2D eigenvalue weighted by atomic mass is 10.0. The van der Waals surface area contributed by atoms with Crippen LogP contribution >= 0.6 is 0 Å². The van der Waals surface area contributed by atoms with Gasteiger partial charge in [-0.15, -0.1) is 0 Å². The van der Waals surface area contributed by atoms with Crippen molar-refractivity contribution >= 4 is 21.6 Å². The quantitative estimate of drug-likeness (QED) is 0.859. The molecule has 0 bridgehead atoms. The van der Waals surface area contributed by atoms with Crippen LogP contribution in [0, 0.1) is 0 Å². The Balaban J connectivity index is 1.65. The van der Waals surface area contributed by atoms with Gasteiger partial charge >= 0.3 is 0 Å². The Kier molecular flexibility index (Phi) is 5.12. The van der Waals surface area contributed by atoms with Gasteiger partial charge in [-0.3, -0.25) is 9.10 Å². The molecular weight excluding hydrogens is 374 g/mol. The number of aryl methyl sites for hydroxylation is 1. The van der Waals surface area contributed by atoms with Crippen molar-refractivity contribution in [2.75, 3.05) is 23.9 Å². The lowest BCUT2D eigenvalue weighted by Crippen LogP contribution is -2.45. The summed E-state index contributed by atoms with van der Waals surface area (Å²) in [6.45, 7) is 1.61. The summed E-state index contributed by atoms with van der Waals surface area (Å²) in [5.41, 5.74) is 8.14. The number of nitrogens with two attached hydrogens (primary N) is 1. The molecule has 0 saturated carbocycles. The van der Waals surface area contributed by atoms with Crippen molar-refractivity contribution in [2.45, 2.75) is 36.6 Å². The molecule has 0 radical (unpaired) electrons. The van der Waals surface area contributed by atoms with Crippen LogP contribution in [0.4, 0.5) is 5.69 Å². The molecule has 148 valence electrons. The third-order valence-corrected chi connectivity index (χ3v) is 7.29. The zero-order valence-electron chi connectivity index (χ0n) is 15.8. The minimum atomic E-state index is -3.74. The van der Waals surface area contributed by atoms with Crippen LogP contribution in [0.1, 0.15) is 35.2 Å². The van der Waals surface area contributed by atoms with Gasteiger partial charge in [0.25, 0.3) is 15.9 Å². The van der Waals surface area contributed by atoms with Crippen molar-refractivity contribution in [3.8, 4) is 0 Å². The number of amides is 1. The fourth-order valence-corrected chi connectivity index (χ4v) is 5.63. The molecule has 0 aromatic heterocycles. The van der Waals surface area contributed by atoms with Crippen molar-refractivity contribution in [1.82, 2.24) is 4.90 Å². The zero-order valence-corrected chi connectivity index (χ0v) is 16.6. The molecule has 0 aliphatic carbocycles. The predicted molar refractivity (Wildman–Crippen MR) is 109 cm³/mol. The summed E-state index contributed by atoms with van der Waals surface area (Å²) in [7, 11) is -3.74. The number of carbonyl (C=O) groups is 1. The summed E-state index contributed by atoms with van der Waals surface area (Å²) in [5, 5.41) is 0. The molecule has 1 unspecified atom stereocenters. The van der Waals surface area contributed by atoms with E-state index in [0.717, 1.165) is 36.9 Å². The third-order valence-electron chi connectivity index (χ3n) is 5.48. The van der Waals surface area contributed by atoms with Gasteiger partial charge in [-0.2, -0.15) is 0 Å². The van der Waals surface area contributed by atoms with Gasteiger partial charge in [0.15, 0.2) is 0 Å². The Bertz CT molecular complexity index is 990. The van der Waals surface area contributed by atoms with Crippen LogP contribution in [-0.4, -0.2) is 44.9 Å². The number of piperidine rings is 1. The van der Waals surface area contributed by atoms with Gasteiger partial charge in [-0.1, -0.05) is 24.3 Å². The van der Waals surface area contributed by atoms with Gasteiger partial charge in [0.1, 0.15) is 0 Å². The van der Waals surface area contributed by atoms with Crippen LogP contribution in [0.15, 0.2) is 53.4 Å². The number of rotatable bonds is 3. The molecule has 0 spiro atoms. The normalized spacial score (nSPS) is 20.0. The average molecular weight is 400 g/mol. The topological polar surface area (TPSA) is 83.7 Å². The molecule has 1 amide bonds. The van der Waals surface area contributed by atoms with Crippen molar-refractivity contribution in [3.63, 3.8) is 0 Å². The molecule has 6 nitrogen and oxygen atoms in total. The number of hydrogen-bond donors (Lipinski definition) is 1. The van der Waals surface area contributed by atoms with Gasteiger partial charge < -0.3 is 10.6 Å². The predicted octanol–water partition coefficient (Wildman–Crippen LogP) is 2.39. The summed E-state index contributed by atoms with van der Waals surface area (Å²) in [6.07, 6.45) is 3.43. The van der Waals surface area contributed by atoms with E-state index in [2.05, 4.69) is 0 Å². The van der Waals surface area contributed by atoms with Crippen LogP contribution in [0.2, 0.25) is 0 Å². The highest BCUT2D eigenvalue weighted by atomic mass is 32.2. The van der Waals surface area contributed by atoms with Crippen LogP contribution < -0.4 is 10.0 Å². The summed E-state index contributed by atoms with van der Waals surface area (Å²) in [6, 6.07) is 13.9. The van der Waals surface area contributed by atoms with E-state index in [1.807, 2.05) is 24.3 Å². The van der Waals surface area contributed by atoms with E-state index in [1.165, 1.54) is 10.4 Å². The van der Waals surface area contributed by atoms with Crippen LogP contribution in [0.25, 0.3) is 0 Å². The van der Waals surface area contributed by atoms with Gasteiger partial charge in [-0.05, 0) is 55.5 Å². The molecule has 4 rings (SSSR count). The van der Waals surface area contributed by atoms with Crippen molar-refractivity contribution in [2.24, 2.45) is 5.73 Å². The number of anilines is 1. The van der Waals surface area contributed by atoms with Crippen LogP contribution in [0.5, 0.6) is 0 Å².